The maximum atomic E-state index is 2.60. The Balaban J connectivity index is 0. The van der Waals surface area contributed by atoms with Crippen LogP contribution in [0.1, 0.15) is 27.2 Å². The number of rotatable bonds is 2. The van der Waals surface area contributed by atoms with Crippen LogP contribution in [0, 0.1) is 0 Å². The molecule has 5 heteroatoms. The minimum Gasteiger partial charge on any atom is -0.147 e. The van der Waals surface area contributed by atoms with E-state index < -0.39 is 13.5 Å². The normalized spacial score (nSPS) is 17.0. The van der Waals surface area contributed by atoms with E-state index in [1.54, 1.807) is 3.88 Å². The molecule has 0 amide bonds. The predicted molar refractivity (Wildman–Crippen MR) is 84.7 cm³/mol. The van der Waals surface area contributed by atoms with Gasteiger partial charge in [0.05, 0.1) is 0 Å². The van der Waals surface area contributed by atoms with E-state index in [4.69, 9.17) is 0 Å². The van der Waals surface area contributed by atoms with Crippen LogP contribution < -0.4 is 0 Å². The summed E-state index contributed by atoms with van der Waals surface area (Å²) in [6, 6.07) is 0. The van der Waals surface area contributed by atoms with Crippen molar-refractivity contribution in [3.8, 4) is 0 Å². The zero-order valence-electron chi connectivity index (χ0n) is 11.0. The summed E-state index contributed by atoms with van der Waals surface area (Å²) in [5.41, 5.74) is 0. The second kappa shape index (κ2) is 6.04. The second-order valence-electron chi connectivity index (χ2n) is 6.38. The van der Waals surface area contributed by atoms with Crippen LogP contribution in [-0.2, 0) is 13.5 Å². The zero-order chi connectivity index (χ0) is 11.1. The number of halogens is 2. The average molecular weight is 335 g/mol. The summed E-state index contributed by atoms with van der Waals surface area (Å²) >= 11 is -2.23. The van der Waals surface area contributed by atoms with Gasteiger partial charge >= 0.3 is 92.6 Å². The molecule has 1 aliphatic rings. The molecule has 0 spiro atoms. The molecule has 96 valence electrons. The molecule has 0 fully saturated rings. The van der Waals surface area contributed by atoms with E-state index in [0.717, 1.165) is 6.57 Å². The first-order chi connectivity index (χ1) is 6.09. The Morgan fingerprint density at radius 3 is 2.06 bits per heavy atom. The quantitative estimate of drug-likeness (QED) is 0.518. The van der Waals surface area contributed by atoms with Crippen molar-refractivity contribution >= 4 is 39.0 Å². The van der Waals surface area contributed by atoms with Crippen LogP contribution in [0.2, 0.25) is 10.5 Å². The Morgan fingerprint density at radius 1 is 1.25 bits per heavy atom. The number of hydrogen-bond donors (Lipinski definition) is 0. The van der Waals surface area contributed by atoms with Crippen molar-refractivity contribution in [1.29, 1.82) is 0 Å². The molecule has 0 aliphatic heterocycles. The van der Waals surface area contributed by atoms with E-state index in [1.165, 1.54) is 6.42 Å². The van der Waals surface area contributed by atoms with Gasteiger partial charge in [-0.15, -0.1) is 24.8 Å². The zero-order valence-corrected chi connectivity index (χ0v) is 16.6. The van der Waals surface area contributed by atoms with Crippen LogP contribution >= 0.6 is 31.4 Å². The fourth-order valence-corrected chi connectivity index (χ4v) is 27.5. The molecule has 0 aromatic heterocycles. The Morgan fingerprint density at radius 2 is 1.75 bits per heavy atom. The molecule has 0 heterocycles. The van der Waals surface area contributed by atoms with Gasteiger partial charge in [-0.3, -0.25) is 0 Å². The topological polar surface area (TPSA) is 0 Å². The third-order valence-electron chi connectivity index (χ3n) is 2.58. The standard InChI is InChI=1S/C5H5.C4H10P.2CH3.2ClH.H2Si.Ti/c1-2-4-5-3-1;1-4(2,3)5;;;;;;/h1-3H,4H2;5H,1-3H3;2*1H3;2*1H;1H2;/q;-1;;;;;;+1. The van der Waals surface area contributed by atoms with E-state index >= 15 is 0 Å². The van der Waals surface area contributed by atoms with Gasteiger partial charge in [0.2, 0.25) is 0 Å². The van der Waals surface area contributed by atoms with Gasteiger partial charge < -0.3 is 0 Å². The Kier molecular flexibility index (Phi) is 7.46. The summed E-state index contributed by atoms with van der Waals surface area (Å²) in [4.78, 5) is 0. The van der Waals surface area contributed by atoms with Gasteiger partial charge in [-0.05, 0) is 0 Å². The molecule has 0 N–H and O–H groups in total. The fourth-order valence-electron chi connectivity index (χ4n) is 2.32. The summed E-state index contributed by atoms with van der Waals surface area (Å²) in [7, 11) is 2.35. The third-order valence-corrected chi connectivity index (χ3v) is 20.6. The van der Waals surface area contributed by atoms with Gasteiger partial charge in [-0.25, -0.2) is 0 Å². The maximum absolute atomic E-state index is 2.60. The third kappa shape index (κ3) is 5.85. The molecule has 0 aromatic carbocycles. The molecule has 16 heavy (non-hydrogen) atoms. The molecule has 0 aromatic rings. The summed E-state index contributed by atoms with van der Waals surface area (Å²) in [6.07, 6.45) is 8.18. The first-order valence-corrected chi connectivity index (χ1v) is 16.6. The van der Waals surface area contributed by atoms with Crippen molar-refractivity contribution in [2.24, 2.45) is 0 Å². The molecule has 0 radical (unpaired) electrons. The van der Waals surface area contributed by atoms with Crippen molar-refractivity contribution in [2.45, 2.75) is 42.8 Å². The second-order valence-corrected chi connectivity index (χ2v) is 37.0. The van der Waals surface area contributed by atoms with Crippen molar-refractivity contribution in [3.05, 3.63) is 22.1 Å². The molecular formula is C11H25Cl2PSiTi. The van der Waals surface area contributed by atoms with Crippen LogP contribution in [0.5, 0.6) is 0 Å². The largest absolute Gasteiger partial charge is 0.147 e. The van der Waals surface area contributed by atoms with Gasteiger partial charge in [-0.1, -0.05) is 0 Å². The van der Waals surface area contributed by atoms with Gasteiger partial charge in [0.1, 0.15) is 0 Å². The Bertz CT molecular complexity index is 361. The molecule has 0 nitrogen and oxygen atoms in total. The number of hydrogen-bond acceptors (Lipinski definition) is 0. The SMILES string of the molecule is CC(C)(C)[PH][Ti]([CH3])([CH3])(=[SiH2])[C]1=CC=CC1.Cl.Cl. The summed E-state index contributed by atoms with van der Waals surface area (Å²) in [6.45, 7) is 8.31. The first-order valence-electron chi connectivity index (χ1n) is 5.32. The maximum Gasteiger partial charge on any atom is -0.147 e. The van der Waals surface area contributed by atoms with Crippen molar-refractivity contribution in [2.75, 3.05) is 0 Å². The van der Waals surface area contributed by atoms with Gasteiger partial charge in [0.15, 0.2) is 0 Å². The minimum atomic E-state index is -2.23. The first kappa shape index (κ1) is 19.8. The van der Waals surface area contributed by atoms with E-state index in [9.17, 15) is 0 Å². The van der Waals surface area contributed by atoms with E-state index in [1.807, 2.05) is 0 Å². The summed E-state index contributed by atoms with van der Waals surface area (Å²) in [5, 5.41) is 5.70. The number of allylic oxidation sites excluding steroid dienone is 4. The molecule has 0 bridgehead atoms. The van der Waals surface area contributed by atoms with E-state index in [2.05, 4.69) is 57.1 Å². The molecular weight excluding hydrogens is 310 g/mol. The van der Waals surface area contributed by atoms with Gasteiger partial charge in [0, 0.05) is 0 Å². The van der Waals surface area contributed by atoms with Crippen molar-refractivity contribution < 1.29 is 13.5 Å². The van der Waals surface area contributed by atoms with Crippen molar-refractivity contribution in [1.82, 2.24) is 0 Å². The molecule has 0 saturated heterocycles. The van der Waals surface area contributed by atoms with E-state index in [0.29, 0.717) is 5.16 Å². The summed E-state index contributed by atoms with van der Waals surface area (Å²) in [5.74, 6) is 0. The predicted octanol–water partition coefficient (Wildman–Crippen LogP) is 4.40. The van der Waals surface area contributed by atoms with Crippen LogP contribution in [0.4, 0.5) is 0 Å². The van der Waals surface area contributed by atoms with Crippen LogP contribution in [0.3, 0.4) is 0 Å². The minimum absolute atomic E-state index is 0. The van der Waals surface area contributed by atoms with E-state index in [-0.39, 0.29) is 24.8 Å². The van der Waals surface area contributed by atoms with Crippen molar-refractivity contribution in [3.63, 3.8) is 0 Å². The van der Waals surface area contributed by atoms with Crippen LogP contribution in [-0.4, -0.2) is 12.8 Å². The molecule has 0 saturated carbocycles. The van der Waals surface area contributed by atoms with Crippen LogP contribution in [0.15, 0.2) is 22.1 Å². The molecule has 1 atom stereocenters. The Labute approximate surface area is 117 Å². The average Bonchev–Trinajstić information content (AvgIpc) is 2.26. The smallest absolute Gasteiger partial charge is 0.147 e. The fraction of sp³-hybridized carbons (Fsp3) is 0.636. The molecule has 1 aliphatic carbocycles. The Hall–Kier alpha value is 1.42. The molecule has 1 unspecified atom stereocenters. The van der Waals surface area contributed by atoms with Gasteiger partial charge in [-0.2, -0.15) is 0 Å². The monoisotopic (exact) mass is 334 g/mol. The molecule has 1 rings (SSSR count). The summed E-state index contributed by atoms with van der Waals surface area (Å²) < 4.78 is 1.79. The van der Waals surface area contributed by atoms with Crippen LogP contribution in [0.25, 0.3) is 0 Å². The van der Waals surface area contributed by atoms with Gasteiger partial charge in [0.25, 0.3) is 0 Å².